The summed E-state index contributed by atoms with van der Waals surface area (Å²) in [5.41, 5.74) is 6.67. The molecule has 0 saturated carbocycles. The molecular formula is C14H12ClF2NOS. The van der Waals surface area contributed by atoms with Crippen molar-refractivity contribution in [2.24, 2.45) is 5.73 Å². The van der Waals surface area contributed by atoms with Gasteiger partial charge in [-0.25, -0.2) is 8.78 Å². The van der Waals surface area contributed by atoms with Gasteiger partial charge in [-0.05, 0) is 41.5 Å². The first kappa shape index (κ1) is 15.1. The Bertz CT molecular complexity index is 664. The smallest absolute Gasteiger partial charge is 0.141 e. The first-order valence-corrected chi connectivity index (χ1v) is 7.51. The first-order valence-electron chi connectivity index (χ1n) is 5.81. The van der Waals surface area contributed by atoms with Crippen LogP contribution in [-0.4, -0.2) is 4.21 Å². The lowest BCUT2D eigenvalue weighted by atomic mass is 10.1. The predicted octanol–water partition coefficient (Wildman–Crippen LogP) is 3.38. The SMILES string of the molecule is NCc1cc(F)cc(CS(=O)c2ccc(F)c(Cl)c2)c1. The van der Waals surface area contributed by atoms with Gasteiger partial charge in [0, 0.05) is 11.4 Å². The summed E-state index contributed by atoms with van der Waals surface area (Å²) in [5, 5.41) is -0.0854. The van der Waals surface area contributed by atoms with E-state index in [1.807, 2.05) is 0 Å². The molecule has 0 amide bonds. The fraction of sp³-hybridized carbons (Fsp3) is 0.143. The molecule has 0 aliphatic heterocycles. The number of rotatable bonds is 4. The summed E-state index contributed by atoms with van der Waals surface area (Å²) in [7, 11) is -1.43. The molecule has 0 aliphatic carbocycles. The first-order chi connectivity index (χ1) is 9.49. The standard InChI is InChI=1S/C14H12ClF2NOS/c15-13-6-12(1-2-14(13)17)20(19)8-10-3-9(7-18)4-11(16)5-10/h1-6H,7-8,18H2. The molecule has 2 nitrogen and oxygen atoms in total. The summed E-state index contributed by atoms with van der Waals surface area (Å²) in [6.45, 7) is 0.208. The lowest BCUT2D eigenvalue weighted by molar-refractivity contribution is 0.623. The van der Waals surface area contributed by atoms with Gasteiger partial charge < -0.3 is 5.73 Å². The van der Waals surface area contributed by atoms with Crippen LogP contribution in [0.15, 0.2) is 41.3 Å². The molecule has 1 atom stereocenters. The molecular weight excluding hydrogens is 304 g/mol. The van der Waals surface area contributed by atoms with Gasteiger partial charge in [0.25, 0.3) is 0 Å². The van der Waals surface area contributed by atoms with Crippen molar-refractivity contribution in [3.63, 3.8) is 0 Å². The summed E-state index contributed by atoms with van der Waals surface area (Å²) in [4.78, 5) is 0.398. The van der Waals surface area contributed by atoms with Gasteiger partial charge in [-0.1, -0.05) is 17.7 Å². The average Bonchev–Trinajstić information content (AvgIpc) is 2.41. The molecule has 0 aromatic heterocycles. The molecule has 106 valence electrons. The molecule has 0 fully saturated rings. The van der Waals surface area contributed by atoms with E-state index in [9.17, 15) is 13.0 Å². The van der Waals surface area contributed by atoms with Crippen LogP contribution in [-0.2, 0) is 23.1 Å². The molecule has 0 spiro atoms. The maximum absolute atomic E-state index is 13.4. The summed E-state index contributed by atoms with van der Waals surface area (Å²) in [6.07, 6.45) is 0. The van der Waals surface area contributed by atoms with Crippen molar-refractivity contribution in [2.75, 3.05) is 0 Å². The van der Waals surface area contributed by atoms with E-state index >= 15 is 0 Å². The monoisotopic (exact) mass is 315 g/mol. The second-order valence-corrected chi connectivity index (χ2v) is 6.10. The summed E-state index contributed by atoms with van der Waals surface area (Å²) < 4.78 is 38.6. The lowest BCUT2D eigenvalue weighted by Crippen LogP contribution is -2.01. The topological polar surface area (TPSA) is 43.1 Å². The van der Waals surface area contributed by atoms with Crippen LogP contribution in [0.25, 0.3) is 0 Å². The van der Waals surface area contributed by atoms with E-state index in [2.05, 4.69) is 0 Å². The zero-order chi connectivity index (χ0) is 14.7. The highest BCUT2D eigenvalue weighted by atomic mass is 35.5. The van der Waals surface area contributed by atoms with E-state index in [1.54, 1.807) is 6.07 Å². The van der Waals surface area contributed by atoms with E-state index < -0.39 is 22.4 Å². The third kappa shape index (κ3) is 3.62. The molecule has 0 heterocycles. The average molecular weight is 316 g/mol. The normalized spacial score (nSPS) is 12.4. The molecule has 6 heteroatoms. The molecule has 1 unspecified atom stereocenters. The fourth-order valence-electron chi connectivity index (χ4n) is 1.77. The molecule has 0 saturated heterocycles. The van der Waals surface area contributed by atoms with Gasteiger partial charge in [0.1, 0.15) is 11.6 Å². The van der Waals surface area contributed by atoms with Gasteiger partial charge >= 0.3 is 0 Å². The summed E-state index contributed by atoms with van der Waals surface area (Å²) >= 11 is 5.65. The molecule has 0 aliphatic rings. The van der Waals surface area contributed by atoms with E-state index in [-0.39, 0.29) is 17.3 Å². The predicted molar refractivity (Wildman–Crippen MR) is 75.8 cm³/mol. The van der Waals surface area contributed by atoms with Gasteiger partial charge in [-0.2, -0.15) is 0 Å². The third-order valence-electron chi connectivity index (χ3n) is 2.70. The van der Waals surface area contributed by atoms with Crippen molar-refractivity contribution in [3.05, 3.63) is 64.2 Å². The van der Waals surface area contributed by atoms with Crippen molar-refractivity contribution in [1.82, 2.24) is 0 Å². The zero-order valence-electron chi connectivity index (χ0n) is 10.4. The minimum absolute atomic E-state index is 0.0854. The molecule has 2 aromatic rings. The highest BCUT2D eigenvalue weighted by molar-refractivity contribution is 7.84. The van der Waals surface area contributed by atoms with E-state index in [4.69, 9.17) is 17.3 Å². The molecule has 0 radical (unpaired) electrons. The fourth-order valence-corrected chi connectivity index (χ4v) is 3.12. The minimum atomic E-state index is -1.43. The molecule has 2 N–H and O–H groups in total. The highest BCUT2D eigenvalue weighted by Crippen LogP contribution is 2.21. The molecule has 20 heavy (non-hydrogen) atoms. The zero-order valence-corrected chi connectivity index (χ0v) is 12.0. The van der Waals surface area contributed by atoms with Crippen molar-refractivity contribution in [3.8, 4) is 0 Å². The van der Waals surface area contributed by atoms with Crippen molar-refractivity contribution >= 4 is 22.4 Å². The number of halogens is 3. The summed E-state index contributed by atoms with van der Waals surface area (Å²) in [5.74, 6) is -0.868. The van der Waals surface area contributed by atoms with Crippen molar-refractivity contribution < 1.29 is 13.0 Å². The number of hydrogen-bond acceptors (Lipinski definition) is 2. The molecule has 2 aromatic carbocycles. The third-order valence-corrected chi connectivity index (χ3v) is 4.37. The van der Waals surface area contributed by atoms with Crippen LogP contribution < -0.4 is 5.73 Å². The van der Waals surface area contributed by atoms with Gasteiger partial charge in [0.15, 0.2) is 0 Å². The maximum Gasteiger partial charge on any atom is 0.141 e. The second kappa shape index (κ2) is 6.43. The molecule has 2 rings (SSSR count). The Morgan fingerprint density at radius 3 is 2.45 bits per heavy atom. The van der Waals surface area contributed by atoms with Gasteiger partial charge in [0.2, 0.25) is 0 Å². The van der Waals surface area contributed by atoms with E-state index in [0.29, 0.717) is 16.0 Å². The van der Waals surface area contributed by atoms with Crippen molar-refractivity contribution in [1.29, 1.82) is 0 Å². The Hall–Kier alpha value is -1.30. The number of benzene rings is 2. The van der Waals surface area contributed by atoms with Crippen LogP contribution in [0, 0.1) is 11.6 Å². The van der Waals surface area contributed by atoms with E-state index in [0.717, 1.165) is 6.07 Å². The van der Waals surface area contributed by atoms with Crippen LogP contribution in [0.2, 0.25) is 5.02 Å². The van der Waals surface area contributed by atoms with Gasteiger partial charge in [-0.15, -0.1) is 0 Å². The molecule has 0 bridgehead atoms. The largest absolute Gasteiger partial charge is 0.326 e. The van der Waals surface area contributed by atoms with Crippen LogP contribution in [0.1, 0.15) is 11.1 Å². The highest BCUT2D eigenvalue weighted by Gasteiger charge is 2.10. The second-order valence-electron chi connectivity index (χ2n) is 4.24. The van der Waals surface area contributed by atoms with Crippen LogP contribution in [0.5, 0.6) is 0 Å². The Morgan fingerprint density at radius 2 is 1.80 bits per heavy atom. The number of nitrogens with two attached hydrogens (primary N) is 1. The van der Waals surface area contributed by atoms with Gasteiger partial charge in [-0.3, -0.25) is 4.21 Å². The van der Waals surface area contributed by atoms with Crippen LogP contribution in [0.4, 0.5) is 8.78 Å². The van der Waals surface area contributed by atoms with Gasteiger partial charge in [0.05, 0.1) is 21.6 Å². The quantitative estimate of drug-likeness (QED) is 0.940. The lowest BCUT2D eigenvalue weighted by Gasteiger charge is -2.06. The Kier molecular flexibility index (Phi) is 4.86. The Balaban J connectivity index is 2.23. The van der Waals surface area contributed by atoms with Crippen LogP contribution >= 0.6 is 11.6 Å². The van der Waals surface area contributed by atoms with E-state index in [1.165, 1.54) is 24.3 Å². The minimum Gasteiger partial charge on any atom is -0.326 e. The van der Waals surface area contributed by atoms with Crippen LogP contribution in [0.3, 0.4) is 0 Å². The number of hydrogen-bond donors (Lipinski definition) is 1. The Labute approximate surface area is 123 Å². The summed E-state index contributed by atoms with van der Waals surface area (Å²) in [6, 6.07) is 8.22. The Morgan fingerprint density at radius 1 is 1.10 bits per heavy atom. The van der Waals surface area contributed by atoms with Crippen molar-refractivity contribution in [2.45, 2.75) is 17.2 Å². The maximum atomic E-state index is 13.4.